The van der Waals surface area contributed by atoms with Gasteiger partial charge in [-0.15, -0.1) is 0 Å². The predicted molar refractivity (Wildman–Crippen MR) is 76.0 cm³/mol. The second-order valence-corrected chi connectivity index (χ2v) is 5.18. The number of aromatic nitrogens is 1. The first-order valence-electron chi connectivity index (χ1n) is 7.13. The molecule has 1 aromatic rings. The Labute approximate surface area is 115 Å². The van der Waals surface area contributed by atoms with Gasteiger partial charge < -0.3 is 10.2 Å². The third kappa shape index (κ3) is 3.53. The molecule has 0 bridgehead atoms. The number of nitrogens with one attached hydrogen (secondary N) is 1. The van der Waals surface area contributed by atoms with Crippen LogP contribution in [0.4, 0.5) is 0 Å². The molecule has 1 unspecified atom stereocenters. The normalized spacial score (nSPS) is 18.5. The molecular formula is C15H23N3O. The van der Waals surface area contributed by atoms with Crippen LogP contribution in [0.1, 0.15) is 31.0 Å². The van der Waals surface area contributed by atoms with Gasteiger partial charge in [0.15, 0.2) is 0 Å². The van der Waals surface area contributed by atoms with Crippen molar-refractivity contribution >= 4 is 5.91 Å². The van der Waals surface area contributed by atoms with Crippen molar-refractivity contribution in [1.29, 1.82) is 0 Å². The molecule has 1 fully saturated rings. The summed E-state index contributed by atoms with van der Waals surface area (Å²) >= 11 is 0. The van der Waals surface area contributed by atoms with Crippen molar-refractivity contribution in [2.75, 3.05) is 19.6 Å². The van der Waals surface area contributed by atoms with Gasteiger partial charge in [-0.2, -0.15) is 0 Å². The van der Waals surface area contributed by atoms with Crippen molar-refractivity contribution in [2.45, 2.75) is 39.2 Å². The van der Waals surface area contributed by atoms with Crippen LogP contribution in [-0.2, 0) is 11.2 Å². The first-order chi connectivity index (χ1) is 9.22. The van der Waals surface area contributed by atoms with E-state index in [2.05, 4.69) is 17.2 Å². The van der Waals surface area contributed by atoms with Gasteiger partial charge in [-0.3, -0.25) is 9.78 Å². The zero-order valence-corrected chi connectivity index (χ0v) is 11.9. The van der Waals surface area contributed by atoms with Crippen LogP contribution in [0, 0.1) is 6.92 Å². The Morgan fingerprint density at radius 2 is 2.42 bits per heavy atom. The Bertz CT molecular complexity index is 427. The molecule has 104 valence electrons. The van der Waals surface area contributed by atoms with Crippen LogP contribution in [-0.4, -0.2) is 41.5 Å². The standard InChI is InChI=1S/C15H23N3O/c1-3-9-18(13-6-8-16-11-13)15(19)10-14-12(2)5-4-7-17-14/h4-5,7,13,16H,3,6,8-11H2,1-2H3. The summed E-state index contributed by atoms with van der Waals surface area (Å²) in [5.41, 5.74) is 2.00. The maximum Gasteiger partial charge on any atom is 0.228 e. The number of nitrogens with zero attached hydrogens (tertiary/aromatic N) is 2. The fraction of sp³-hybridized carbons (Fsp3) is 0.600. The summed E-state index contributed by atoms with van der Waals surface area (Å²) in [6, 6.07) is 4.28. The molecule has 2 rings (SSSR count). The summed E-state index contributed by atoms with van der Waals surface area (Å²) < 4.78 is 0. The van der Waals surface area contributed by atoms with E-state index >= 15 is 0 Å². The number of hydrogen-bond donors (Lipinski definition) is 1. The molecule has 1 saturated heterocycles. The molecule has 4 nitrogen and oxygen atoms in total. The fourth-order valence-corrected chi connectivity index (χ4v) is 2.61. The first-order valence-corrected chi connectivity index (χ1v) is 7.13. The summed E-state index contributed by atoms with van der Waals surface area (Å²) in [6.07, 6.45) is 4.25. The van der Waals surface area contributed by atoms with Gasteiger partial charge in [-0.05, 0) is 37.9 Å². The van der Waals surface area contributed by atoms with E-state index in [-0.39, 0.29) is 5.91 Å². The Hall–Kier alpha value is -1.42. The highest BCUT2D eigenvalue weighted by molar-refractivity contribution is 5.79. The maximum atomic E-state index is 12.5. The van der Waals surface area contributed by atoms with E-state index in [9.17, 15) is 4.79 Å². The van der Waals surface area contributed by atoms with Gasteiger partial charge in [0.1, 0.15) is 0 Å². The lowest BCUT2D eigenvalue weighted by Crippen LogP contribution is -2.43. The minimum atomic E-state index is 0.206. The fourth-order valence-electron chi connectivity index (χ4n) is 2.61. The molecule has 0 radical (unpaired) electrons. The minimum Gasteiger partial charge on any atom is -0.338 e. The molecule has 1 N–H and O–H groups in total. The maximum absolute atomic E-state index is 12.5. The monoisotopic (exact) mass is 261 g/mol. The highest BCUT2D eigenvalue weighted by Gasteiger charge is 2.26. The van der Waals surface area contributed by atoms with Crippen LogP contribution >= 0.6 is 0 Å². The second-order valence-electron chi connectivity index (χ2n) is 5.18. The van der Waals surface area contributed by atoms with E-state index < -0.39 is 0 Å². The lowest BCUT2D eigenvalue weighted by Gasteiger charge is -2.28. The highest BCUT2D eigenvalue weighted by atomic mass is 16.2. The molecular weight excluding hydrogens is 238 g/mol. The van der Waals surface area contributed by atoms with Crippen molar-refractivity contribution in [3.63, 3.8) is 0 Å². The van der Waals surface area contributed by atoms with Gasteiger partial charge in [0, 0.05) is 25.3 Å². The lowest BCUT2D eigenvalue weighted by molar-refractivity contribution is -0.132. The lowest BCUT2D eigenvalue weighted by atomic mass is 10.1. The molecule has 1 atom stereocenters. The van der Waals surface area contributed by atoms with Crippen LogP contribution < -0.4 is 5.32 Å². The molecule has 1 amide bonds. The molecule has 0 saturated carbocycles. The van der Waals surface area contributed by atoms with Crippen LogP contribution in [0.5, 0.6) is 0 Å². The topological polar surface area (TPSA) is 45.2 Å². The summed E-state index contributed by atoms with van der Waals surface area (Å²) in [5, 5.41) is 3.33. The van der Waals surface area contributed by atoms with Crippen molar-refractivity contribution in [3.05, 3.63) is 29.6 Å². The number of carbonyl (C=O) groups excluding carboxylic acids is 1. The van der Waals surface area contributed by atoms with Crippen LogP contribution in [0.2, 0.25) is 0 Å². The van der Waals surface area contributed by atoms with Gasteiger partial charge in [-0.1, -0.05) is 13.0 Å². The number of carbonyl (C=O) groups is 1. The smallest absolute Gasteiger partial charge is 0.228 e. The Balaban J connectivity index is 2.05. The van der Waals surface area contributed by atoms with E-state index in [4.69, 9.17) is 0 Å². The number of amides is 1. The average Bonchev–Trinajstić information content (AvgIpc) is 2.92. The van der Waals surface area contributed by atoms with Crippen LogP contribution in [0.3, 0.4) is 0 Å². The summed E-state index contributed by atoms with van der Waals surface area (Å²) in [5.74, 6) is 0.206. The van der Waals surface area contributed by atoms with Gasteiger partial charge in [-0.25, -0.2) is 0 Å². The van der Waals surface area contributed by atoms with Crippen molar-refractivity contribution in [1.82, 2.24) is 15.2 Å². The van der Waals surface area contributed by atoms with E-state index in [1.807, 2.05) is 24.0 Å². The summed E-state index contributed by atoms with van der Waals surface area (Å²) in [4.78, 5) is 18.9. The average molecular weight is 261 g/mol. The number of rotatable bonds is 5. The first kappa shape index (κ1) is 14.0. The van der Waals surface area contributed by atoms with E-state index in [1.54, 1.807) is 6.20 Å². The molecule has 0 spiro atoms. The van der Waals surface area contributed by atoms with Crippen molar-refractivity contribution in [3.8, 4) is 0 Å². The van der Waals surface area contributed by atoms with Gasteiger partial charge in [0.05, 0.1) is 12.1 Å². The second kappa shape index (κ2) is 6.66. The third-order valence-corrected chi connectivity index (χ3v) is 3.70. The Kier molecular flexibility index (Phi) is 4.91. The van der Waals surface area contributed by atoms with Crippen LogP contribution in [0.25, 0.3) is 0 Å². The molecule has 0 aromatic carbocycles. The van der Waals surface area contributed by atoms with Crippen molar-refractivity contribution < 1.29 is 4.79 Å². The molecule has 4 heteroatoms. The molecule has 1 aliphatic heterocycles. The SMILES string of the molecule is CCCN(C(=O)Cc1ncccc1C)C1CCNC1. The Morgan fingerprint density at radius 3 is 3.05 bits per heavy atom. The molecule has 1 aliphatic rings. The van der Waals surface area contributed by atoms with Gasteiger partial charge >= 0.3 is 0 Å². The Morgan fingerprint density at radius 1 is 1.58 bits per heavy atom. The van der Waals surface area contributed by atoms with E-state index in [0.29, 0.717) is 12.5 Å². The molecule has 2 heterocycles. The summed E-state index contributed by atoms with van der Waals surface area (Å²) in [7, 11) is 0. The number of pyridine rings is 1. The van der Waals surface area contributed by atoms with Gasteiger partial charge in [0.2, 0.25) is 5.91 Å². The quantitative estimate of drug-likeness (QED) is 0.874. The molecule has 19 heavy (non-hydrogen) atoms. The molecule has 0 aliphatic carbocycles. The van der Waals surface area contributed by atoms with E-state index in [1.165, 1.54) is 0 Å². The van der Waals surface area contributed by atoms with Crippen LogP contribution in [0.15, 0.2) is 18.3 Å². The number of aryl methyl sites for hydroxylation is 1. The predicted octanol–water partition coefficient (Wildman–Crippen LogP) is 1.53. The minimum absolute atomic E-state index is 0.206. The third-order valence-electron chi connectivity index (χ3n) is 3.70. The highest BCUT2D eigenvalue weighted by Crippen LogP contribution is 2.13. The zero-order chi connectivity index (χ0) is 13.7. The number of hydrogen-bond acceptors (Lipinski definition) is 3. The zero-order valence-electron chi connectivity index (χ0n) is 11.9. The van der Waals surface area contributed by atoms with Crippen molar-refractivity contribution in [2.24, 2.45) is 0 Å². The van der Waals surface area contributed by atoms with E-state index in [0.717, 1.165) is 43.7 Å². The molecule has 1 aromatic heterocycles. The largest absolute Gasteiger partial charge is 0.338 e. The summed E-state index contributed by atoms with van der Waals surface area (Å²) in [6.45, 7) is 6.91. The van der Waals surface area contributed by atoms with Gasteiger partial charge in [0.25, 0.3) is 0 Å².